The molecule has 1 unspecified atom stereocenters. The summed E-state index contributed by atoms with van der Waals surface area (Å²) in [4.78, 5) is 0. The first-order chi connectivity index (χ1) is 8.84. The van der Waals surface area contributed by atoms with Crippen LogP contribution in [-0.4, -0.2) is 24.2 Å². The molecule has 0 saturated carbocycles. The van der Waals surface area contributed by atoms with Crippen LogP contribution in [0.5, 0.6) is 0 Å². The molecule has 6 nitrogen and oxygen atoms in total. The number of nitrogens with zero attached hydrogens (tertiary/aromatic N) is 5. The van der Waals surface area contributed by atoms with E-state index in [9.17, 15) is 0 Å². The van der Waals surface area contributed by atoms with Crippen LogP contribution in [0, 0.1) is 0 Å². The van der Waals surface area contributed by atoms with Gasteiger partial charge in [0.25, 0.3) is 0 Å². The second-order valence-corrected chi connectivity index (χ2v) is 4.60. The van der Waals surface area contributed by atoms with Gasteiger partial charge in [-0.15, -0.1) is 15.3 Å². The Labute approximate surface area is 108 Å². The van der Waals surface area contributed by atoms with E-state index in [4.69, 9.17) is 0 Å². The van der Waals surface area contributed by atoms with E-state index in [1.165, 1.54) is 11.5 Å². The van der Waals surface area contributed by atoms with Gasteiger partial charge in [-0.2, -0.15) is 0 Å². The standard InChI is InChI=1S/C11H12N6S/c1-8(12-6-9-7-18-16-13-9)11-15-14-10-4-2-3-5-17(10)11/h2-5,7-8,12H,6H2,1H3. The molecule has 0 aromatic carbocycles. The topological polar surface area (TPSA) is 68.0 Å². The zero-order valence-corrected chi connectivity index (χ0v) is 10.6. The third-order valence-electron chi connectivity index (χ3n) is 2.72. The fraction of sp³-hybridized carbons (Fsp3) is 0.273. The summed E-state index contributed by atoms with van der Waals surface area (Å²) in [5.41, 5.74) is 1.80. The van der Waals surface area contributed by atoms with Gasteiger partial charge in [0.2, 0.25) is 0 Å². The van der Waals surface area contributed by atoms with Crippen molar-refractivity contribution >= 4 is 17.2 Å². The number of pyridine rings is 1. The van der Waals surface area contributed by atoms with Crippen molar-refractivity contribution in [2.24, 2.45) is 0 Å². The Hall–Kier alpha value is -1.86. The Balaban J connectivity index is 1.77. The lowest BCUT2D eigenvalue weighted by Gasteiger charge is -2.10. The highest BCUT2D eigenvalue weighted by Crippen LogP contribution is 2.12. The highest BCUT2D eigenvalue weighted by Gasteiger charge is 2.12. The number of nitrogens with one attached hydrogen (secondary N) is 1. The molecule has 0 spiro atoms. The van der Waals surface area contributed by atoms with Crippen molar-refractivity contribution in [1.82, 2.24) is 29.5 Å². The maximum absolute atomic E-state index is 4.21. The van der Waals surface area contributed by atoms with Crippen molar-refractivity contribution in [3.63, 3.8) is 0 Å². The second-order valence-electron chi connectivity index (χ2n) is 3.99. The maximum atomic E-state index is 4.21. The highest BCUT2D eigenvalue weighted by molar-refractivity contribution is 7.03. The van der Waals surface area contributed by atoms with E-state index < -0.39 is 0 Å². The van der Waals surface area contributed by atoms with Gasteiger partial charge in [0.15, 0.2) is 11.5 Å². The predicted molar refractivity (Wildman–Crippen MR) is 68.2 cm³/mol. The molecule has 3 heterocycles. The lowest BCUT2D eigenvalue weighted by atomic mass is 10.3. The summed E-state index contributed by atoms with van der Waals surface area (Å²) >= 11 is 1.36. The van der Waals surface area contributed by atoms with Gasteiger partial charge in [-0.3, -0.25) is 4.40 Å². The van der Waals surface area contributed by atoms with Gasteiger partial charge in [-0.05, 0) is 30.6 Å². The Morgan fingerprint density at radius 1 is 1.33 bits per heavy atom. The Bertz CT molecular complexity index is 632. The average molecular weight is 260 g/mol. The van der Waals surface area contributed by atoms with E-state index in [1.54, 1.807) is 0 Å². The van der Waals surface area contributed by atoms with Crippen molar-refractivity contribution in [2.75, 3.05) is 0 Å². The molecule has 1 atom stereocenters. The molecule has 0 aliphatic carbocycles. The largest absolute Gasteiger partial charge is 0.302 e. The minimum Gasteiger partial charge on any atom is -0.302 e. The molecular formula is C11H12N6S. The molecule has 0 bridgehead atoms. The Kier molecular flexibility index (Phi) is 2.99. The van der Waals surface area contributed by atoms with Crippen LogP contribution < -0.4 is 5.32 Å². The van der Waals surface area contributed by atoms with Crippen LogP contribution in [0.15, 0.2) is 29.8 Å². The lowest BCUT2D eigenvalue weighted by molar-refractivity contribution is 0.535. The first-order valence-corrected chi connectivity index (χ1v) is 6.47. The SMILES string of the molecule is CC(NCc1csnn1)c1nnc2ccccn12. The minimum atomic E-state index is 0.101. The van der Waals surface area contributed by atoms with Crippen LogP contribution in [0.1, 0.15) is 24.5 Å². The number of rotatable bonds is 4. The van der Waals surface area contributed by atoms with Gasteiger partial charge in [0.1, 0.15) is 0 Å². The van der Waals surface area contributed by atoms with Crippen LogP contribution in [0.25, 0.3) is 5.65 Å². The van der Waals surface area contributed by atoms with Crippen LogP contribution >= 0.6 is 11.5 Å². The van der Waals surface area contributed by atoms with E-state index in [0.717, 1.165) is 17.2 Å². The maximum Gasteiger partial charge on any atom is 0.160 e. The summed E-state index contributed by atoms with van der Waals surface area (Å²) in [6, 6.07) is 5.96. The van der Waals surface area contributed by atoms with Crippen molar-refractivity contribution in [2.45, 2.75) is 19.5 Å². The third-order valence-corrected chi connectivity index (χ3v) is 3.28. The molecular weight excluding hydrogens is 248 g/mol. The number of hydrogen-bond acceptors (Lipinski definition) is 6. The summed E-state index contributed by atoms with van der Waals surface area (Å²) in [7, 11) is 0. The number of aromatic nitrogens is 5. The lowest BCUT2D eigenvalue weighted by Crippen LogP contribution is -2.20. The molecule has 3 rings (SSSR count). The normalized spacial score (nSPS) is 12.9. The summed E-state index contributed by atoms with van der Waals surface area (Å²) in [6.45, 7) is 2.74. The minimum absolute atomic E-state index is 0.101. The zero-order valence-electron chi connectivity index (χ0n) is 9.82. The molecule has 18 heavy (non-hydrogen) atoms. The van der Waals surface area contributed by atoms with Crippen molar-refractivity contribution < 1.29 is 0 Å². The van der Waals surface area contributed by atoms with Gasteiger partial charge in [-0.1, -0.05) is 10.6 Å². The second kappa shape index (κ2) is 4.79. The molecule has 1 N–H and O–H groups in total. The first-order valence-electron chi connectivity index (χ1n) is 5.63. The van der Waals surface area contributed by atoms with Gasteiger partial charge >= 0.3 is 0 Å². The van der Waals surface area contributed by atoms with Crippen molar-refractivity contribution in [1.29, 1.82) is 0 Å². The van der Waals surface area contributed by atoms with Gasteiger partial charge < -0.3 is 5.32 Å². The summed E-state index contributed by atoms with van der Waals surface area (Å²) in [5.74, 6) is 0.897. The van der Waals surface area contributed by atoms with E-state index in [1.807, 2.05) is 34.2 Å². The monoisotopic (exact) mass is 260 g/mol. The molecule has 7 heteroatoms. The van der Waals surface area contributed by atoms with Gasteiger partial charge in [0, 0.05) is 18.1 Å². The fourth-order valence-electron chi connectivity index (χ4n) is 1.77. The smallest absolute Gasteiger partial charge is 0.160 e. The molecule has 0 radical (unpaired) electrons. The van der Waals surface area contributed by atoms with Gasteiger partial charge in [0.05, 0.1) is 11.7 Å². The molecule has 0 saturated heterocycles. The predicted octanol–water partition coefficient (Wildman–Crippen LogP) is 1.43. The van der Waals surface area contributed by atoms with E-state index in [-0.39, 0.29) is 6.04 Å². The van der Waals surface area contributed by atoms with E-state index >= 15 is 0 Å². The summed E-state index contributed by atoms with van der Waals surface area (Å²) in [5, 5.41) is 17.6. The first kappa shape index (κ1) is 11.2. The molecule has 0 fully saturated rings. The molecule has 92 valence electrons. The molecule has 3 aromatic heterocycles. The Morgan fingerprint density at radius 2 is 2.28 bits per heavy atom. The van der Waals surface area contributed by atoms with Gasteiger partial charge in [-0.25, -0.2) is 0 Å². The van der Waals surface area contributed by atoms with Crippen LogP contribution in [0.3, 0.4) is 0 Å². The Morgan fingerprint density at radius 3 is 3.11 bits per heavy atom. The molecule has 3 aromatic rings. The van der Waals surface area contributed by atoms with Crippen molar-refractivity contribution in [3.05, 3.63) is 41.3 Å². The highest BCUT2D eigenvalue weighted by atomic mass is 32.1. The molecule has 0 amide bonds. The average Bonchev–Trinajstić information content (AvgIpc) is 3.05. The summed E-state index contributed by atoms with van der Waals surface area (Å²) in [6.07, 6.45) is 1.97. The van der Waals surface area contributed by atoms with Crippen LogP contribution in [0.2, 0.25) is 0 Å². The van der Waals surface area contributed by atoms with Crippen molar-refractivity contribution in [3.8, 4) is 0 Å². The third kappa shape index (κ3) is 2.09. The van der Waals surface area contributed by atoms with Crippen LogP contribution in [-0.2, 0) is 6.54 Å². The quantitative estimate of drug-likeness (QED) is 0.768. The van der Waals surface area contributed by atoms with E-state index in [2.05, 4.69) is 32.0 Å². The number of fused-ring (bicyclic) bond motifs is 1. The number of hydrogen-bond donors (Lipinski definition) is 1. The zero-order chi connectivity index (χ0) is 12.4. The summed E-state index contributed by atoms with van der Waals surface area (Å²) < 4.78 is 5.81. The fourth-order valence-corrected chi connectivity index (χ4v) is 2.22. The van der Waals surface area contributed by atoms with Crippen LogP contribution in [0.4, 0.5) is 0 Å². The molecule has 0 aliphatic rings. The van der Waals surface area contributed by atoms with E-state index in [0.29, 0.717) is 6.54 Å². The molecule has 0 aliphatic heterocycles.